The van der Waals surface area contributed by atoms with E-state index in [1.54, 1.807) is 24.3 Å². The van der Waals surface area contributed by atoms with Crippen LogP contribution in [0.4, 0.5) is 5.69 Å². The van der Waals surface area contributed by atoms with E-state index in [1.165, 1.54) is 0 Å². The second-order valence-corrected chi connectivity index (χ2v) is 7.17. The largest absolute Gasteiger partial charge is 0.493 e. The molecule has 0 saturated heterocycles. The van der Waals surface area contributed by atoms with Gasteiger partial charge < -0.3 is 20.5 Å². The Labute approximate surface area is 159 Å². The fraction of sp³-hybridized carbons (Fsp3) is 0.333. The zero-order chi connectivity index (χ0) is 19.9. The molecule has 0 spiro atoms. The van der Waals surface area contributed by atoms with E-state index in [0.717, 1.165) is 5.56 Å². The van der Waals surface area contributed by atoms with E-state index in [0.29, 0.717) is 17.2 Å². The maximum atomic E-state index is 12.2. The quantitative estimate of drug-likeness (QED) is 0.746. The van der Waals surface area contributed by atoms with Crippen LogP contribution in [0.3, 0.4) is 0 Å². The van der Waals surface area contributed by atoms with Gasteiger partial charge in [-0.05, 0) is 41.3 Å². The summed E-state index contributed by atoms with van der Waals surface area (Å²) in [5.74, 6) is 0.649. The first kappa shape index (κ1) is 20.3. The first-order valence-electron chi connectivity index (χ1n) is 8.79. The van der Waals surface area contributed by atoms with Crippen molar-refractivity contribution in [3.05, 3.63) is 54.1 Å². The van der Waals surface area contributed by atoms with Gasteiger partial charge in [0.2, 0.25) is 5.91 Å². The molecule has 0 atom stereocenters. The Morgan fingerprint density at radius 1 is 1.00 bits per heavy atom. The third-order valence-corrected chi connectivity index (χ3v) is 3.81. The molecule has 0 aliphatic heterocycles. The van der Waals surface area contributed by atoms with Crippen LogP contribution in [0.5, 0.6) is 11.5 Å². The van der Waals surface area contributed by atoms with E-state index in [4.69, 9.17) is 15.2 Å². The molecule has 0 aliphatic rings. The number of carbonyl (C=O) groups excluding carboxylic acids is 2. The van der Waals surface area contributed by atoms with Gasteiger partial charge in [0, 0.05) is 5.69 Å². The number of nitrogens with two attached hydrogens (primary N) is 1. The van der Waals surface area contributed by atoms with Crippen LogP contribution in [-0.4, -0.2) is 25.0 Å². The maximum absolute atomic E-state index is 12.2. The number of ether oxygens (including phenoxy) is 2. The minimum absolute atomic E-state index is 0.0720. The molecule has 0 radical (unpaired) electrons. The summed E-state index contributed by atoms with van der Waals surface area (Å²) in [7, 11) is 0. The second-order valence-electron chi connectivity index (χ2n) is 7.17. The van der Waals surface area contributed by atoms with E-state index in [-0.39, 0.29) is 31.0 Å². The van der Waals surface area contributed by atoms with Crippen molar-refractivity contribution in [3.63, 3.8) is 0 Å². The minimum atomic E-state index is -0.410. The Morgan fingerprint density at radius 2 is 1.67 bits per heavy atom. The highest BCUT2D eigenvalue weighted by molar-refractivity contribution is 5.91. The van der Waals surface area contributed by atoms with Gasteiger partial charge in [0.05, 0.1) is 13.0 Å². The lowest BCUT2D eigenvalue weighted by molar-refractivity contribution is -0.119. The van der Waals surface area contributed by atoms with Gasteiger partial charge in [0.25, 0.3) is 5.91 Å². The Balaban J connectivity index is 1.87. The molecule has 0 bridgehead atoms. The van der Waals surface area contributed by atoms with Gasteiger partial charge in [0.15, 0.2) is 6.61 Å². The van der Waals surface area contributed by atoms with E-state index < -0.39 is 5.91 Å². The molecule has 2 aromatic carbocycles. The summed E-state index contributed by atoms with van der Waals surface area (Å²) in [6.45, 7) is 6.44. The van der Waals surface area contributed by atoms with Gasteiger partial charge in [0.1, 0.15) is 11.5 Å². The lowest BCUT2D eigenvalue weighted by Crippen LogP contribution is -2.21. The normalized spacial score (nSPS) is 10.9. The van der Waals surface area contributed by atoms with Crippen LogP contribution in [0.25, 0.3) is 0 Å². The number of para-hydroxylation sites is 1. The Hall–Kier alpha value is -3.02. The molecule has 27 heavy (non-hydrogen) atoms. The Kier molecular flexibility index (Phi) is 6.82. The third kappa shape index (κ3) is 6.66. The van der Waals surface area contributed by atoms with Crippen molar-refractivity contribution in [2.24, 2.45) is 5.73 Å². The minimum Gasteiger partial charge on any atom is -0.493 e. The highest BCUT2D eigenvalue weighted by atomic mass is 16.5. The molecule has 0 heterocycles. The summed E-state index contributed by atoms with van der Waals surface area (Å²) in [6, 6.07) is 14.6. The zero-order valence-electron chi connectivity index (χ0n) is 16.0. The molecule has 0 saturated carbocycles. The summed E-state index contributed by atoms with van der Waals surface area (Å²) in [5, 5.41) is 2.78. The average molecular weight is 370 g/mol. The standard InChI is InChI=1S/C21H26N2O4/c1-21(2,3)17-6-4-5-7-18(17)27-14-20(25)23-15-8-10-16(11-9-15)26-13-12-19(22)24/h4-11H,12-14H2,1-3H3,(H2,22,24)(H,23,25). The molecule has 2 rings (SSSR count). The number of primary amides is 1. The third-order valence-electron chi connectivity index (χ3n) is 3.81. The molecule has 0 aliphatic carbocycles. The van der Waals surface area contributed by atoms with E-state index in [2.05, 4.69) is 26.1 Å². The lowest BCUT2D eigenvalue weighted by Gasteiger charge is -2.22. The van der Waals surface area contributed by atoms with Crippen LogP contribution in [-0.2, 0) is 15.0 Å². The highest BCUT2D eigenvalue weighted by Crippen LogP contribution is 2.30. The fourth-order valence-electron chi connectivity index (χ4n) is 2.46. The van der Waals surface area contributed by atoms with Gasteiger partial charge in [-0.3, -0.25) is 9.59 Å². The summed E-state index contributed by atoms with van der Waals surface area (Å²) in [6.07, 6.45) is 0.159. The molecular formula is C21H26N2O4. The highest BCUT2D eigenvalue weighted by Gasteiger charge is 2.18. The smallest absolute Gasteiger partial charge is 0.262 e. The molecular weight excluding hydrogens is 344 g/mol. The van der Waals surface area contributed by atoms with Crippen molar-refractivity contribution >= 4 is 17.5 Å². The number of anilines is 1. The molecule has 0 unspecified atom stereocenters. The summed E-state index contributed by atoms with van der Waals surface area (Å²) >= 11 is 0. The number of benzene rings is 2. The molecule has 144 valence electrons. The zero-order valence-corrected chi connectivity index (χ0v) is 16.0. The number of amides is 2. The predicted octanol–water partition coefficient (Wildman–Crippen LogP) is 3.26. The monoisotopic (exact) mass is 370 g/mol. The predicted molar refractivity (Wildman–Crippen MR) is 105 cm³/mol. The van der Waals surface area contributed by atoms with Crippen molar-refractivity contribution in [2.45, 2.75) is 32.6 Å². The van der Waals surface area contributed by atoms with Crippen molar-refractivity contribution < 1.29 is 19.1 Å². The van der Waals surface area contributed by atoms with Gasteiger partial charge in [-0.2, -0.15) is 0 Å². The Bertz CT molecular complexity index is 780. The fourth-order valence-corrected chi connectivity index (χ4v) is 2.46. The summed E-state index contributed by atoms with van der Waals surface area (Å²) in [4.78, 5) is 22.8. The molecule has 0 aromatic heterocycles. The van der Waals surface area contributed by atoms with Crippen molar-refractivity contribution in [1.29, 1.82) is 0 Å². The molecule has 6 heteroatoms. The number of hydrogen-bond donors (Lipinski definition) is 2. The first-order valence-corrected chi connectivity index (χ1v) is 8.79. The first-order chi connectivity index (χ1) is 12.8. The van der Waals surface area contributed by atoms with Crippen LogP contribution >= 0.6 is 0 Å². The second kappa shape index (κ2) is 9.07. The SMILES string of the molecule is CC(C)(C)c1ccccc1OCC(=O)Nc1ccc(OCCC(N)=O)cc1. The van der Waals surface area contributed by atoms with Crippen LogP contribution in [0.15, 0.2) is 48.5 Å². The number of rotatable bonds is 8. The van der Waals surface area contributed by atoms with Crippen molar-refractivity contribution in [3.8, 4) is 11.5 Å². The van der Waals surface area contributed by atoms with Crippen LogP contribution in [0, 0.1) is 0 Å². The molecule has 2 aromatic rings. The molecule has 3 N–H and O–H groups in total. The Morgan fingerprint density at radius 3 is 2.30 bits per heavy atom. The number of hydrogen-bond acceptors (Lipinski definition) is 4. The number of nitrogens with one attached hydrogen (secondary N) is 1. The van der Waals surface area contributed by atoms with Crippen LogP contribution in [0.1, 0.15) is 32.8 Å². The van der Waals surface area contributed by atoms with Gasteiger partial charge in [-0.15, -0.1) is 0 Å². The van der Waals surface area contributed by atoms with Crippen LogP contribution < -0.4 is 20.5 Å². The molecule has 6 nitrogen and oxygen atoms in total. The lowest BCUT2D eigenvalue weighted by atomic mass is 9.86. The summed E-state index contributed by atoms with van der Waals surface area (Å²) in [5.41, 5.74) is 6.67. The van der Waals surface area contributed by atoms with E-state index in [9.17, 15) is 9.59 Å². The van der Waals surface area contributed by atoms with Gasteiger partial charge in [-0.1, -0.05) is 39.0 Å². The van der Waals surface area contributed by atoms with E-state index >= 15 is 0 Å². The average Bonchev–Trinajstić information content (AvgIpc) is 2.61. The maximum Gasteiger partial charge on any atom is 0.262 e. The van der Waals surface area contributed by atoms with Crippen molar-refractivity contribution in [1.82, 2.24) is 0 Å². The van der Waals surface area contributed by atoms with E-state index in [1.807, 2.05) is 24.3 Å². The van der Waals surface area contributed by atoms with Crippen molar-refractivity contribution in [2.75, 3.05) is 18.5 Å². The number of carbonyl (C=O) groups is 2. The summed E-state index contributed by atoms with van der Waals surface area (Å²) < 4.78 is 11.1. The topological polar surface area (TPSA) is 90.7 Å². The van der Waals surface area contributed by atoms with Crippen LogP contribution in [0.2, 0.25) is 0 Å². The van der Waals surface area contributed by atoms with Gasteiger partial charge in [-0.25, -0.2) is 0 Å². The van der Waals surface area contributed by atoms with Gasteiger partial charge >= 0.3 is 0 Å². The molecule has 2 amide bonds. The molecule has 0 fully saturated rings.